The SMILES string of the molecule is CN(CCCN1CC2CN(CCOc3ccc(C#N)cc3F)CC(C1)O2)S(=O)(=O)c1ccccc1. The average Bonchev–Trinajstić information content (AvgIpc) is 2.85. The summed E-state index contributed by atoms with van der Waals surface area (Å²) in [5.74, 6) is -0.372. The van der Waals surface area contributed by atoms with Crippen molar-refractivity contribution in [3.8, 4) is 11.8 Å². The van der Waals surface area contributed by atoms with Crippen molar-refractivity contribution in [1.82, 2.24) is 14.1 Å². The third-order valence-electron chi connectivity index (χ3n) is 6.36. The van der Waals surface area contributed by atoms with Gasteiger partial charge in [0.15, 0.2) is 11.6 Å². The maximum Gasteiger partial charge on any atom is 0.242 e. The van der Waals surface area contributed by atoms with Crippen LogP contribution in [0.4, 0.5) is 4.39 Å². The predicted molar refractivity (Wildman–Crippen MR) is 129 cm³/mol. The van der Waals surface area contributed by atoms with Crippen LogP contribution in [-0.4, -0.2) is 94.2 Å². The highest BCUT2D eigenvalue weighted by atomic mass is 32.2. The van der Waals surface area contributed by atoms with Crippen LogP contribution in [-0.2, 0) is 14.8 Å². The van der Waals surface area contributed by atoms with E-state index in [1.807, 2.05) is 6.07 Å². The number of benzene rings is 2. The van der Waals surface area contributed by atoms with Crippen molar-refractivity contribution in [2.75, 3.05) is 59.5 Å². The first-order chi connectivity index (χ1) is 16.8. The van der Waals surface area contributed by atoms with Gasteiger partial charge in [-0.1, -0.05) is 18.2 Å². The molecule has 2 saturated heterocycles. The monoisotopic (exact) mass is 502 g/mol. The van der Waals surface area contributed by atoms with Crippen LogP contribution in [0.15, 0.2) is 53.4 Å². The maximum absolute atomic E-state index is 14.0. The topological polar surface area (TPSA) is 86.1 Å². The first kappa shape index (κ1) is 25.5. The lowest BCUT2D eigenvalue weighted by atomic mass is 10.1. The molecule has 2 atom stereocenters. The number of sulfonamides is 1. The minimum absolute atomic E-state index is 0.0833. The van der Waals surface area contributed by atoms with E-state index in [0.717, 1.165) is 39.1 Å². The Morgan fingerprint density at radius 3 is 2.37 bits per heavy atom. The van der Waals surface area contributed by atoms with Crippen LogP contribution in [0.25, 0.3) is 0 Å². The zero-order valence-electron chi connectivity index (χ0n) is 19.8. The third-order valence-corrected chi connectivity index (χ3v) is 8.23. The minimum atomic E-state index is -3.47. The van der Waals surface area contributed by atoms with Gasteiger partial charge in [-0.25, -0.2) is 17.1 Å². The third kappa shape index (κ3) is 6.57. The smallest absolute Gasteiger partial charge is 0.242 e. The molecule has 0 N–H and O–H groups in total. The summed E-state index contributed by atoms with van der Waals surface area (Å²) >= 11 is 0. The average molecular weight is 503 g/mol. The molecule has 2 aliphatic heterocycles. The number of hydrogen-bond donors (Lipinski definition) is 0. The fourth-order valence-electron chi connectivity index (χ4n) is 4.61. The lowest BCUT2D eigenvalue weighted by Gasteiger charge is -2.45. The van der Waals surface area contributed by atoms with E-state index in [2.05, 4.69) is 9.80 Å². The van der Waals surface area contributed by atoms with Crippen molar-refractivity contribution in [2.45, 2.75) is 23.5 Å². The highest BCUT2D eigenvalue weighted by Crippen LogP contribution is 2.21. The summed E-state index contributed by atoms with van der Waals surface area (Å²) in [6.45, 7) is 5.43. The van der Waals surface area contributed by atoms with Crippen LogP contribution in [0.1, 0.15) is 12.0 Å². The molecule has 2 heterocycles. The molecule has 10 heteroatoms. The molecule has 0 spiro atoms. The van der Waals surface area contributed by atoms with Crippen LogP contribution in [0.3, 0.4) is 0 Å². The van der Waals surface area contributed by atoms with Crippen molar-refractivity contribution < 1.29 is 22.3 Å². The van der Waals surface area contributed by atoms with E-state index in [1.165, 1.54) is 16.4 Å². The van der Waals surface area contributed by atoms with Gasteiger partial charge in [0.2, 0.25) is 10.0 Å². The molecule has 0 aromatic heterocycles. The Kier molecular flexibility index (Phi) is 8.36. The second kappa shape index (κ2) is 11.5. The summed E-state index contributed by atoms with van der Waals surface area (Å²) in [4.78, 5) is 4.94. The minimum Gasteiger partial charge on any atom is -0.489 e. The van der Waals surface area contributed by atoms with E-state index in [4.69, 9.17) is 14.7 Å². The Hall–Kier alpha value is -2.55. The zero-order chi connectivity index (χ0) is 24.8. The van der Waals surface area contributed by atoms with Crippen molar-refractivity contribution in [3.05, 3.63) is 59.9 Å². The molecule has 0 radical (unpaired) electrons. The molecule has 2 unspecified atom stereocenters. The number of fused-ring (bicyclic) bond motifs is 2. The number of halogens is 1. The summed E-state index contributed by atoms with van der Waals surface area (Å²) in [6.07, 6.45) is 0.912. The normalized spacial score (nSPS) is 21.1. The van der Waals surface area contributed by atoms with Crippen LogP contribution < -0.4 is 4.74 Å². The highest BCUT2D eigenvalue weighted by Gasteiger charge is 2.34. The fourth-order valence-corrected chi connectivity index (χ4v) is 5.84. The Labute approximate surface area is 206 Å². The zero-order valence-corrected chi connectivity index (χ0v) is 20.7. The number of nitriles is 1. The summed E-state index contributed by atoms with van der Waals surface area (Å²) in [6, 6.07) is 14.6. The van der Waals surface area contributed by atoms with Crippen molar-refractivity contribution in [1.29, 1.82) is 5.26 Å². The second-order valence-corrected chi connectivity index (χ2v) is 11.0. The second-order valence-electron chi connectivity index (χ2n) is 9.00. The van der Waals surface area contributed by atoms with Crippen LogP contribution in [0.2, 0.25) is 0 Å². The molecular weight excluding hydrogens is 471 g/mol. The van der Waals surface area contributed by atoms with E-state index in [1.54, 1.807) is 43.4 Å². The van der Waals surface area contributed by atoms with Crippen molar-refractivity contribution >= 4 is 10.0 Å². The predicted octanol–water partition coefficient (Wildman–Crippen LogP) is 2.17. The summed E-state index contributed by atoms with van der Waals surface area (Å²) in [5.41, 5.74) is 0.268. The molecule has 2 aliphatic rings. The van der Waals surface area contributed by atoms with Gasteiger partial charge in [-0.3, -0.25) is 9.80 Å². The van der Waals surface area contributed by atoms with Gasteiger partial charge in [-0.15, -0.1) is 0 Å². The number of morpholine rings is 2. The van der Waals surface area contributed by atoms with Gasteiger partial charge in [-0.05, 0) is 43.3 Å². The molecule has 2 aromatic rings. The van der Waals surface area contributed by atoms with Crippen LogP contribution >= 0.6 is 0 Å². The first-order valence-corrected chi connectivity index (χ1v) is 13.2. The molecule has 188 valence electrons. The van der Waals surface area contributed by atoms with E-state index in [9.17, 15) is 12.8 Å². The van der Waals surface area contributed by atoms with E-state index < -0.39 is 15.8 Å². The maximum atomic E-state index is 14.0. The van der Waals surface area contributed by atoms with Crippen LogP contribution in [0.5, 0.6) is 5.75 Å². The Morgan fingerprint density at radius 2 is 1.74 bits per heavy atom. The molecule has 4 rings (SSSR count). The molecule has 2 bridgehead atoms. The standard InChI is InChI=1S/C25H31FN4O4S/c1-28(35(31,32)23-6-3-2-4-7-23)10-5-11-29-16-21-18-30(19-22(17-29)34-21)12-13-33-25-9-8-20(15-27)14-24(25)26/h2-4,6-9,14,21-22H,5,10-13,16-19H2,1H3. The van der Waals surface area contributed by atoms with Crippen molar-refractivity contribution in [2.24, 2.45) is 0 Å². The molecule has 0 aliphatic carbocycles. The highest BCUT2D eigenvalue weighted by molar-refractivity contribution is 7.89. The summed E-state index contributed by atoms with van der Waals surface area (Å²) < 4.78 is 52.5. The van der Waals surface area contributed by atoms with E-state index in [0.29, 0.717) is 24.6 Å². The van der Waals surface area contributed by atoms with Gasteiger partial charge in [0.05, 0.1) is 28.7 Å². The molecule has 0 saturated carbocycles. The molecule has 2 fully saturated rings. The Bertz CT molecular complexity index is 1130. The molecular formula is C25H31FN4O4S. The Morgan fingerprint density at radius 1 is 1.09 bits per heavy atom. The molecule has 2 aromatic carbocycles. The van der Waals surface area contributed by atoms with Crippen molar-refractivity contribution in [3.63, 3.8) is 0 Å². The van der Waals surface area contributed by atoms with E-state index in [-0.39, 0.29) is 23.5 Å². The quantitative estimate of drug-likeness (QED) is 0.492. The summed E-state index contributed by atoms with van der Waals surface area (Å²) in [5, 5.41) is 8.84. The van der Waals surface area contributed by atoms with Gasteiger partial charge in [-0.2, -0.15) is 5.26 Å². The Balaban J connectivity index is 1.19. The van der Waals surface area contributed by atoms with Crippen LogP contribution in [0, 0.1) is 17.1 Å². The number of ether oxygens (including phenoxy) is 2. The largest absolute Gasteiger partial charge is 0.489 e. The first-order valence-electron chi connectivity index (χ1n) is 11.8. The lowest BCUT2D eigenvalue weighted by Crippen LogP contribution is -2.60. The summed E-state index contributed by atoms with van der Waals surface area (Å²) in [7, 11) is -1.84. The fraction of sp³-hybridized carbons (Fsp3) is 0.480. The molecule has 35 heavy (non-hydrogen) atoms. The number of hydrogen-bond acceptors (Lipinski definition) is 7. The van der Waals surface area contributed by atoms with Gasteiger partial charge >= 0.3 is 0 Å². The van der Waals surface area contributed by atoms with Gasteiger partial charge in [0.1, 0.15) is 6.61 Å². The van der Waals surface area contributed by atoms with Gasteiger partial charge in [0.25, 0.3) is 0 Å². The lowest BCUT2D eigenvalue weighted by molar-refractivity contribution is -0.139. The van der Waals surface area contributed by atoms with E-state index >= 15 is 0 Å². The molecule has 0 amide bonds. The van der Waals surface area contributed by atoms with Gasteiger partial charge < -0.3 is 9.47 Å². The number of rotatable bonds is 10. The van der Waals surface area contributed by atoms with Gasteiger partial charge in [0, 0.05) is 46.3 Å². The number of nitrogens with zero attached hydrogens (tertiary/aromatic N) is 4. The molecule has 8 nitrogen and oxygen atoms in total.